The summed E-state index contributed by atoms with van der Waals surface area (Å²) in [6, 6.07) is 25.9. The molecule has 0 bridgehead atoms. The summed E-state index contributed by atoms with van der Waals surface area (Å²) in [5, 5.41) is 11.7. The minimum absolute atomic E-state index is 0. The van der Waals surface area contributed by atoms with Crippen molar-refractivity contribution in [3.8, 4) is 0 Å². The van der Waals surface area contributed by atoms with Crippen LogP contribution < -0.4 is 11.1 Å². The lowest BCUT2D eigenvalue weighted by Crippen LogP contribution is -2.43. The second kappa shape index (κ2) is 22.7. The molecule has 4 rings (SSSR count). The molecule has 0 spiro atoms. The Bertz CT molecular complexity index is 1760. The number of carboxylic acids is 1. The van der Waals surface area contributed by atoms with Crippen molar-refractivity contribution in [2.75, 3.05) is 14.2 Å². The van der Waals surface area contributed by atoms with E-state index in [1.54, 1.807) is 0 Å². The third-order valence-electron chi connectivity index (χ3n) is 8.35. The Kier molecular flexibility index (Phi) is 19.7. The Hall–Kier alpha value is -4.99. The van der Waals surface area contributed by atoms with Gasteiger partial charge in [-0.25, -0.2) is 9.59 Å². The highest BCUT2D eigenvalue weighted by atomic mass is 35.5. The minimum Gasteiger partial charge on any atom is -0.478 e. The molecule has 4 aromatic rings. The smallest absolute Gasteiger partial charge is 0.336 e. The lowest BCUT2D eigenvalue weighted by Gasteiger charge is -2.19. The van der Waals surface area contributed by atoms with E-state index in [1.165, 1.54) is 19.8 Å². The van der Waals surface area contributed by atoms with Crippen LogP contribution in [0.25, 0.3) is 0 Å². The Morgan fingerprint density at radius 2 is 1.08 bits per heavy atom. The van der Waals surface area contributed by atoms with Crippen molar-refractivity contribution in [2.24, 2.45) is 5.73 Å². The average Bonchev–Trinajstić information content (AvgIpc) is 3.12. The van der Waals surface area contributed by atoms with Gasteiger partial charge in [0.05, 0.1) is 19.8 Å². The number of carbonyl (C=O) groups excluding carboxylic acids is 3. The van der Waals surface area contributed by atoms with E-state index >= 15 is 0 Å². The maximum Gasteiger partial charge on any atom is 0.336 e. The maximum absolute atomic E-state index is 12.8. The van der Waals surface area contributed by atoms with Gasteiger partial charge >= 0.3 is 17.9 Å². The number of ether oxygens (including phenoxy) is 2. The topological polar surface area (TPSA) is 145 Å². The van der Waals surface area contributed by atoms with Gasteiger partial charge < -0.3 is 25.6 Å². The van der Waals surface area contributed by atoms with Crippen molar-refractivity contribution < 1.29 is 33.8 Å². The molecule has 0 saturated carbocycles. The van der Waals surface area contributed by atoms with Crippen LogP contribution in [0.15, 0.2) is 84.9 Å². The lowest BCUT2D eigenvalue weighted by molar-refractivity contribution is -0.143. The van der Waals surface area contributed by atoms with E-state index < -0.39 is 24.0 Å². The van der Waals surface area contributed by atoms with Crippen LogP contribution in [-0.2, 0) is 44.7 Å². The van der Waals surface area contributed by atoms with Crippen LogP contribution in [-0.4, -0.2) is 55.2 Å². The number of nitrogens with two attached hydrogens (primary N) is 1. The summed E-state index contributed by atoms with van der Waals surface area (Å²) in [6.07, 6.45) is 2.44. The van der Waals surface area contributed by atoms with Crippen molar-refractivity contribution in [2.45, 2.75) is 79.3 Å². The van der Waals surface area contributed by atoms with Crippen molar-refractivity contribution in [3.05, 3.63) is 141 Å². The lowest BCUT2D eigenvalue weighted by atomic mass is 9.98. The summed E-state index contributed by atoms with van der Waals surface area (Å²) in [5.41, 5.74) is 14.7. The number of carbonyl (C=O) groups is 4. The maximum atomic E-state index is 12.8. The summed E-state index contributed by atoms with van der Waals surface area (Å²) >= 11 is 0. The van der Waals surface area contributed by atoms with Gasteiger partial charge in [-0.1, -0.05) is 110 Å². The number of nitrogens with one attached hydrogen (secondary N) is 1. The summed E-state index contributed by atoms with van der Waals surface area (Å²) in [4.78, 5) is 46.8. The number of amides is 1. The normalized spacial score (nSPS) is 11.2. The molecule has 2 atom stereocenters. The zero-order valence-electron chi connectivity index (χ0n) is 31.4. The molecule has 0 aliphatic rings. The summed E-state index contributed by atoms with van der Waals surface area (Å²) in [7, 11) is 2.68. The van der Waals surface area contributed by atoms with Gasteiger partial charge in [0.15, 0.2) is 0 Å². The number of hydrogen-bond acceptors (Lipinski definition) is 7. The van der Waals surface area contributed by atoms with Crippen molar-refractivity contribution in [1.29, 1.82) is 0 Å². The SMILES string of the molecule is CCc1cccc(C)c1C(=O)NC(Cc1ccc(C)cc1)C(=O)OC.CCc1cccc(C)c1C(=O)O.COC(=O)C(N)Cc1ccc(C)cc1.Cl. The van der Waals surface area contributed by atoms with E-state index in [9.17, 15) is 19.2 Å². The molecule has 9 nitrogen and oxygen atoms in total. The molecule has 2 unspecified atom stereocenters. The van der Waals surface area contributed by atoms with Crippen LogP contribution in [0, 0.1) is 27.7 Å². The van der Waals surface area contributed by atoms with Crippen LogP contribution >= 0.6 is 12.4 Å². The number of halogens is 1. The first-order valence-electron chi connectivity index (χ1n) is 17.0. The van der Waals surface area contributed by atoms with Crippen LogP contribution in [0.3, 0.4) is 0 Å². The Morgan fingerprint density at radius 1 is 0.654 bits per heavy atom. The van der Waals surface area contributed by atoms with Gasteiger partial charge in [-0.2, -0.15) is 0 Å². The number of esters is 2. The highest BCUT2D eigenvalue weighted by Gasteiger charge is 2.24. The molecule has 0 aliphatic heterocycles. The van der Waals surface area contributed by atoms with Crippen molar-refractivity contribution >= 4 is 36.2 Å². The summed E-state index contributed by atoms with van der Waals surface area (Å²) < 4.78 is 9.42. The average molecular weight is 733 g/mol. The van der Waals surface area contributed by atoms with Crippen LogP contribution in [0.1, 0.15) is 79.1 Å². The minimum atomic E-state index is -0.829. The fraction of sp³-hybridized carbons (Fsp3) is 0.333. The van der Waals surface area contributed by atoms with Gasteiger partial charge in [-0.05, 0) is 80.3 Å². The van der Waals surface area contributed by atoms with E-state index in [-0.39, 0.29) is 24.3 Å². The first-order chi connectivity index (χ1) is 24.3. The zero-order chi connectivity index (χ0) is 38.1. The van der Waals surface area contributed by atoms with Crippen LogP contribution in [0.5, 0.6) is 0 Å². The Morgan fingerprint density at radius 3 is 1.48 bits per heavy atom. The van der Waals surface area contributed by atoms with Crippen LogP contribution in [0.4, 0.5) is 0 Å². The number of methoxy groups -OCH3 is 2. The molecule has 0 heterocycles. The third kappa shape index (κ3) is 14.0. The molecule has 0 aromatic heterocycles. The fourth-order valence-corrected chi connectivity index (χ4v) is 5.42. The van der Waals surface area contributed by atoms with Crippen LogP contribution in [0.2, 0.25) is 0 Å². The monoisotopic (exact) mass is 732 g/mol. The van der Waals surface area contributed by atoms with Gasteiger partial charge in [0.25, 0.3) is 5.91 Å². The summed E-state index contributed by atoms with van der Waals surface area (Å²) in [6.45, 7) is 11.7. The molecule has 0 fully saturated rings. The summed E-state index contributed by atoms with van der Waals surface area (Å²) in [5.74, 6) is -1.88. The van der Waals surface area contributed by atoms with E-state index in [0.29, 0.717) is 24.0 Å². The standard InChI is InChI=1S/C21H25NO3.C11H15NO2.C10H12O2.ClH/c1-5-17-8-6-7-15(3)19(17)20(23)22-18(21(24)25-4)13-16-11-9-14(2)10-12-16;1-8-3-5-9(6-4-8)7-10(12)11(13)14-2;1-3-8-6-4-5-7(2)9(8)10(11)12;/h6-12,18H,5,13H2,1-4H3,(H,22,23);3-6,10H,7,12H2,1-2H3;4-6H,3H2,1-2H3,(H,11,12);1H. The highest BCUT2D eigenvalue weighted by molar-refractivity contribution is 5.99. The molecule has 0 radical (unpaired) electrons. The van der Waals surface area contributed by atoms with Crippen molar-refractivity contribution in [1.82, 2.24) is 5.32 Å². The number of aromatic carboxylic acids is 1. The molecule has 52 heavy (non-hydrogen) atoms. The molecular formula is C42H53ClN2O7. The number of benzene rings is 4. The molecule has 0 aliphatic carbocycles. The molecule has 0 saturated heterocycles. The molecular weight excluding hydrogens is 680 g/mol. The second-order valence-corrected chi connectivity index (χ2v) is 12.3. The highest BCUT2D eigenvalue weighted by Crippen LogP contribution is 2.17. The third-order valence-corrected chi connectivity index (χ3v) is 8.35. The predicted molar refractivity (Wildman–Crippen MR) is 208 cm³/mol. The number of aryl methyl sites for hydroxylation is 6. The first-order valence-corrected chi connectivity index (χ1v) is 17.0. The van der Waals surface area contributed by atoms with E-state index in [2.05, 4.69) is 10.1 Å². The molecule has 1 amide bonds. The molecule has 4 aromatic carbocycles. The van der Waals surface area contributed by atoms with E-state index in [0.717, 1.165) is 51.8 Å². The van der Waals surface area contributed by atoms with Gasteiger partial charge in [0, 0.05) is 12.0 Å². The number of hydrogen-bond donors (Lipinski definition) is 3. The zero-order valence-corrected chi connectivity index (χ0v) is 32.3. The Balaban J connectivity index is 0.000000424. The Labute approximate surface area is 314 Å². The van der Waals surface area contributed by atoms with Gasteiger partial charge in [0.1, 0.15) is 12.1 Å². The van der Waals surface area contributed by atoms with E-state index in [1.807, 2.05) is 126 Å². The second-order valence-electron chi connectivity index (χ2n) is 12.3. The largest absolute Gasteiger partial charge is 0.478 e. The molecule has 10 heteroatoms. The van der Waals surface area contributed by atoms with Crippen molar-refractivity contribution in [3.63, 3.8) is 0 Å². The van der Waals surface area contributed by atoms with Gasteiger partial charge in [-0.3, -0.25) is 9.59 Å². The number of carboxylic acid groups (broad SMARTS) is 1. The molecule has 4 N–H and O–H groups in total. The fourth-order valence-electron chi connectivity index (χ4n) is 5.42. The predicted octanol–water partition coefficient (Wildman–Crippen LogP) is 7.10. The quantitative estimate of drug-likeness (QED) is 0.139. The van der Waals surface area contributed by atoms with E-state index in [4.69, 9.17) is 15.6 Å². The first kappa shape index (κ1) is 45.0. The van der Waals surface area contributed by atoms with Gasteiger partial charge in [-0.15, -0.1) is 12.4 Å². The number of rotatable bonds is 11. The van der Waals surface area contributed by atoms with Gasteiger partial charge in [0.2, 0.25) is 0 Å². The molecule has 280 valence electrons.